The predicted molar refractivity (Wildman–Crippen MR) is 92.2 cm³/mol. The van der Waals surface area contributed by atoms with Gasteiger partial charge in [0.2, 0.25) is 0 Å². The molecule has 4 atom stereocenters. The van der Waals surface area contributed by atoms with Gasteiger partial charge in [-0.1, -0.05) is 70.9 Å². The first kappa shape index (κ1) is 12.7. The maximum atomic E-state index is 2.54. The van der Waals surface area contributed by atoms with Crippen molar-refractivity contribution in [2.75, 3.05) is 0 Å². The summed E-state index contributed by atoms with van der Waals surface area (Å²) >= 11 is 0. The number of rotatable bonds is 0. The zero-order chi connectivity index (χ0) is 14.8. The van der Waals surface area contributed by atoms with Crippen LogP contribution in [0.2, 0.25) is 0 Å². The van der Waals surface area contributed by atoms with Crippen molar-refractivity contribution in [3.05, 3.63) is 82.0 Å². The second-order valence-corrected chi connectivity index (χ2v) is 7.35. The highest BCUT2D eigenvalue weighted by Crippen LogP contribution is 2.60. The Morgan fingerprint density at radius 2 is 1.91 bits per heavy atom. The fraction of sp³-hybridized carbons (Fsp3) is 0.364. The van der Waals surface area contributed by atoms with Gasteiger partial charge in [-0.15, -0.1) is 0 Å². The smallest absolute Gasteiger partial charge is 0.0126 e. The summed E-state index contributed by atoms with van der Waals surface area (Å²) in [5, 5.41) is 0. The largest absolute Gasteiger partial charge is 0.0875 e. The summed E-state index contributed by atoms with van der Waals surface area (Å²) in [5.41, 5.74) is 9.65. The molecule has 0 heteroatoms. The van der Waals surface area contributed by atoms with E-state index in [1.165, 1.54) is 6.42 Å². The number of hydrogen-bond acceptors (Lipinski definition) is 0. The molecule has 0 heterocycles. The Morgan fingerprint density at radius 1 is 1.00 bits per heavy atom. The second-order valence-electron chi connectivity index (χ2n) is 7.35. The molecule has 110 valence electrons. The van der Waals surface area contributed by atoms with Crippen LogP contribution >= 0.6 is 0 Å². The van der Waals surface area contributed by atoms with E-state index in [2.05, 4.69) is 62.5 Å². The van der Waals surface area contributed by atoms with Crippen LogP contribution in [0.25, 0.3) is 0 Å². The van der Waals surface area contributed by atoms with Crippen LogP contribution in [0, 0.1) is 23.7 Å². The maximum Gasteiger partial charge on any atom is 0.0126 e. The normalized spacial score (nSPS) is 39.4. The monoisotopic (exact) mass is 286 g/mol. The highest BCUT2D eigenvalue weighted by molar-refractivity contribution is 5.56. The van der Waals surface area contributed by atoms with Gasteiger partial charge < -0.3 is 0 Å². The second kappa shape index (κ2) is 4.35. The molecule has 0 spiro atoms. The molecule has 4 unspecified atom stereocenters. The van der Waals surface area contributed by atoms with Crippen LogP contribution in [0.3, 0.4) is 0 Å². The fourth-order valence-corrected chi connectivity index (χ4v) is 5.52. The Hall–Kier alpha value is -1.82. The van der Waals surface area contributed by atoms with E-state index in [1.54, 1.807) is 33.4 Å². The molecule has 0 nitrogen and oxygen atoms in total. The van der Waals surface area contributed by atoms with E-state index in [4.69, 9.17) is 0 Å². The minimum Gasteiger partial charge on any atom is -0.0875 e. The van der Waals surface area contributed by atoms with E-state index in [9.17, 15) is 0 Å². The van der Waals surface area contributed by atoms with Crippen LogP contribution in [0.15, 0.2) is 82.0 Å². The molecular formula is C22H22. The standard InChI is InChI=1S/C22H22/c1-3-14-11-18-10-9-15-5-4-6-16-12-17-8-7-13(2)19(14)21(17)22(18)20(15)16/h3-8,10,12,19-22H,9,11H2,1-2H3/b14-3-. The van der Waals surface area contributed by atoms with Crippen molar-refractivity contribution in [3.8, 4) is 0 Å². The van der Waals surface area contributed by atoms with Crippen LogP contribution in [0.4, 0.5) is 0 Å². The van der Waals surface area contributed by atoms with E-state index < -0.39 is 0 Å². The van der Waals surface area contributed by atoms with Crippen LogP contribution in [-0.4, -0.2) is 0 Å². The van der Waals surface area contributed by atoms with Gasteiger partial charge in [-0.2, -0.15) is 0 Å². The summed E-state index contributed by atoms with van der Waals surface area (Å²) < 4.78 is 0. The van der Waals surface area contributed by atoms with Crippen molar-refractivity contribution >= 4 is 0 Å². The quantitative estimate of drug-likeness (QED) is 0.519. The first-order valence-corrected chi connectivity index (χ1v) is 8.59. The Labute approximate surface area is 133 Å². The first-order chi connectivity index (χ1) is 10.8. The van der Waals surface area contributed by atoms with Crippen molar-refractivity contribution in [2.24, 2.45) is 23.7 Å². The van der Waals surface area contributed by atoms with Gasteiger partial charge in [0, 0.05) is 17.8 Å². The van der Waals surface area contributed by atoms with Crippen LogP contribution in [0.1, 0.15) is 26.7 Å². The molecule has 1 saturated carbocycles. The maximum absolute atomic E-state index is 2.54. The molecule has 5 aliphatic carbocycles. The molecule has 5 rings (SSSR count). The zero-order valence-electron chi connectivity index (χ0n) is 13.3. The molecule has 22 heavy (non-hydrogen) atoms. The molecule has 0 aromatic carbocycles. The Balaban J connectivity index is 1.78. The van der Waals surface area contributed by atoms with Gasteiger partial charge in [0.25, 0.3) is 0 Å². The molecule has 5 aliphatic rings. The van der Waals surface area contributed by atoms with E-state index >= 15 is 0 Å². The van der Waals surface area contributed by atoms with Gasteiger partial charge in [-0.05, 0) is 43.8 Å². The van der Waals surface area contributed by atoms with E-state index in [0.717, 1.165) is 6.42 Å². The lowest BCUT2D eigenvalue weighted by Gasteiger charge is -2.53. The van der Waals surface area contributed by atoms with Crippen molar-refractivity contribution in [3.63, 3.8) is 0 Å². The minimum absolute atomic E-state index is 0.634. The lowest BCUT2D eigenvalue weighted by molar-refractivity contribution is 0.259. The average molecular weight is 286 g/mol. The van der Waals surface area contributed by atoms with Gasteiger partial charge in [-0.3, -0.25) is 0 Å². The fourth-order valence-electron chi connectivity index (χ4n) is 5.52. The van der Waals surface area contributed by atoms with Crippen molar-refractivity contribution in [1.29, 1.82) is 0 Å². The topological polar surface area (TPSA) is 0 Å². The lowest BCUT2D eigenvalue weighted by atomic mass is 9.51. The highest BCUT2D eigenvalue weighted by atomic mass is 14.5. The van der Waals surface area contributed by atoms with Gasteiger partial charge >= 0.3 is 0 Å². The molecular weight excluding hydrogens is 264 g/mol. The lowest BCUT2D eigenvalue weighted by Crippen LogP contribution is -2.43. The molecule has 0 bridgehead atoms. The summed E-state index contributed by atoms with van der Waals surface area (Å²) in [5.74, 6) is 2.66. The van der Waals surface area contributed by atoms with E-state index in [0.29, 0.717) is 23.7 Å². The van der Waals surface area contributed by atoms with Crippen molar-refractivity contribution in [1.82, 2.24) is 0 Å². The third kappa shape index (κ3) is 1.48. The molecule has 0 N–H and O–H groups in total. The SMILES string of the molecule is C/C=C1/CC2=CCC3=CC=CC4=CC5=CC=C(C)C1C5C2C43. The minimum atomic E-state index is 0.634. The van der Waals surface area contributed by atoms with Crippen LogP contribution in [0.5, 0.6) is 0 Å². The van der Waals surface area contributed by atoms with Crippen molar-refractivity contribution < 1.29 is 0 Å². The van der Waals surface area contributed by atoms with Crippen molar-refractivity contribution in [2.45, 2.75) is 26.7 Å². The Bertz CT molecular complexity index is 773. The van der Waals surface area contributed by atoms with Gasteiger partial charge in [0.15, 0.2) is 0 Å². The third-order valence-corrected chi connectivity index (χ3v) is 6.42. The van der Waals surface area contributed by atoms with Gasteiger partial charge in [0.1, 0.15) is 0 Å². The molecule has 1 fully saturated rings. The molecule has 0 aliphatic heterocycles. The Morgan fingerprint density at radius 3 is 2.77 bits per heavy atom. The summed E-state index contributed by atoms with van der Waals surface area (Å²) in [6.45, 7) is 4.55. The molecule has 0 amide bonds. The zero-order valence-corrected chi connectivity index (χ0v) is 13.3. The van der Waals surface area contributed by atoms with Gasteiger partial charge in [0.05, 0.1) is 0 Å². The summed E-state index contributed by atoms with van der Waals surface area (Å²) in [4.78, 5) is 0. The summed E-state index contributed by atoms with van der Waals surface area (Å²) in [6.07, 6.45) is 21.5. The van der Waals surface area contributed by atoms with Gasteiger partial charge in [-0.25, -0.2) is 0 Å². The highest BCUT2D eigenvalue weighted by Gasteiger charge is 2.49. The molecule has 0 radical (unpaired) electrons. The van der Waals surface area contributed by atoms with E-state index in [-0.39, 0.29) is 0 Å². The third-order valence-electron chi connectivity index (χ3n) is 6.42. The molecule has 0 aromatic heterocycles. The van der Waals surface area contributed by atoms with Crippen LogP contribution in [-0.2, 0) is 0 Å². The van der Waals surface area contributed by atoms with E-state index in [1.807, 2.05) is 0 Å². The molecule has 0 saturated heterocycles. The predicted octanol–water partition coefficient (Wildman–Crippen LogP) is 5.45. The average Bonchev–Trinajstić information content (AvgIpc) is 2.56. The molecule has 0 aromatic rings. The summed E-state index contributed by atoms with van der Waals surface area (Å²) in [7, 11) is 0. The first-order valence-electron chi connectivity index (χ1n) is 8.59. The number of allylic oxidation sites excluding steroid dienone is 14. The van der Waals surface area contributed by atoms with Crippen LogP contribution < -0.4 is 0 Å². The summed E-state index contributed by atoms with van der Waals surface area (Å²) in [6, 6.07) is 0. The number of hydrogen-bond donors (Lipinski definition) is 0. The Kier molecular flexibility index (Phi) is 2.51.